The average molecular weight is 172 g/mol. The molecule has 0 saturated carbocycles. The van der Waals surface area contributed by atoms with E-state index < -0.39 is 6.24 Å². The third-order valence-corrected chi connectivity index (χ3v) is 0. The highest BCUT2D eigenvalue weighted by Crippen LogP contribution is 1.88. The van der Waals surface area contributed by atoms with E-state index in [1.807, 2.05) is 0 Å². The van der Waals surface area contributed by atoms with E-state index in [1.54, 1.807) is 0 Å². The standard InChI is InChI=1S/BrClSi2/c1-4(2)3. The molecular weight excluding hydrogens is 172 g/mol. The Kier molecular flexibility index (Phi) is 3.18. The maximum absolute atomic E-state index is 5.21. The minimum Gasteiger partial charge on any atom is -0.158 e. The maximum Gasteiger partial charge on any atom is 0.221 e. The van der Waals surface area contributed by atoms with Crippen molar-refractivity contribution in [3.8, 4) is 0 Å². The molecule has 0 aliphatic rings. The summed E-state index contributed by atoms with van der Waals surface area (Å²) >= 11 is 8.26. The Morgan fingerprint density at radius 2 is 2.00 bits per heavy atom. The van der Waals surface area contributed by atoms with Crippen LogP contribution in [0, 0.1) is 0 Å². The van der Waals surface area contributed by atoms with Gasteiger partial charge in [0.1, 0.15) is 0 Å². The molecule has 0 rings (SSSR count). The van der Waals surface area contributed by atoms with Crippen molar-refractivity contribution in [1.82, 2.24) is 0 Å². The Balaban J connectivity index is 2.32. The summed E-state index contributed by atoms with van der Waals surface area (Å²) in [5.41, 5.74) is 0. The first-order chi connectivity index (χ1) is 1.73. The lowest BCUT2D eigenvalue weighted by molar-refractivity contribution is 4.25. The molecule has 0 spiro atoms. The smallest absolute Gasteiger partial charge is 0.158 e. The molecular formula is BrClSi2. The van der Waals surface area contributed by atoms with Gasteiger partial charge in [0.15, 0.2) is 0 Å². The van der Waals surface area contributed by atoms with Gasteiger partial charge in [0, 0.05) is 9.76 Å². The van der Waals surface area contributed by atoms with E-state index in [1.165, 1.54) is 0 Å². The van der Waals surface area contributed by atoms with Gasteiger partial charge in [-0.05, 0) is 0 Å². The number of rotatable bonds is 0. The molecule has 4 radical (unpaired) electrons. The molecule has 0 aromatic rings. The second kappa shape index (κ2) is 2.44. The third-order valence-electron chi connectivity index (χ3n) is 0. The molecule has 4 heavy (non-hydrogen) atoms. The molecule has 0 amide bonds. The van der Waals surface area contributed by atoms with Gasteiger partial charge in [0.05, 0.1) is 0 Å². The third kappa shape index (κ3) is 10.7. The highest BCUT2D eigenvalue weighted by atomic mass is 79.9. The van der Waals surface area contributed by atoms with Gasteiger partial charge in [-0.15, -0.1) is 15.3 Å². The van der Waals surface area contributed by atoms with Crippen LogP contribution < -0.4 is 0 Å². The van der Waals surface area contributed by atoms with Crippen molar-refractivity contribution in [2.45, 2.75) is 0 Å². The molecule has 22 valence electrons. The van der Waals surface area contributed by atoms with Crippen LogP contribution in [0.1, 0.15) is 0 Å². The van der Waals surface area contributed by atoms with Crippen molar-refractivity contribution in [1.29, 1.82) is 0 Å². The van der Waals surface area contributed by atoms with Crippen molar-refractivity contribution in [2.24, 2.45) is 0 Å². The maximum atomic E-state index is 5.21. The van der Waals surface area contributed by atoms with Crippen molar-refractivity contribution in [3.63, 3.8) is 0 Å². The summed E-state index contributed by atoms with van der Waals surface area (Å²) < 4.78 is 0. The molecule has 0 bridgehead atoms. The summed E-state index contributed by atoms with van der Waals surface area (Å²) in [6, 6.07) is 0. The Labute approximate surface area is 42.6 Å². The summed E-state index contributed by atoms with van der Waals surface area (Å²) in [7, 11) is 3.10. The van der Waals surface area contributed by atoms with Crippen molar-refractivity contribution < 1.29 is 0 Å². The summed E-state index contributed by atoms with van der Waals surface area (Å²) in [5, 5.41) is 0. The first kappa shape index (κ1) is 5.20. The lowest BCUT2D eigenvalue weighted by atomic mass is 27.0. The number of halogens is 2. The Morgan fingerprint density at radius 3 is 2.00 bits per heavy atom. The van der Waals surface area contributed by atoms with Crippen LogP contribution in [0.25, 0.3) is 0 Å². The zero-order chi connectivity index (χ0) is 3.58. The Morgan fingerprint density at radius 1 is 2.00 bits per heavy atom. The molecule has 0 unspecified atom stereocenters. The SMILES string of the molecule is [Si][Si](Cl)Br. The summed E-state index contributed by atoms with van der Waals surface area (Å²) in [6.45, 7) is 0. The lowest BCUT2D eigenvalue weighted by Crippen LogP contribution is -1.84. The average Bonchev–Trinajstić information content (AvgIpc) is 0.811. The van der Waals surface area contributed by atoms with E-state index in [0.29, 0.717) is 0 Å². The largest absolute Gasteiger partial charge is 0.221 e. The minimum absolute atomic E-state index is 0.789. The van der Waals surface area contributed by atoms with Gasteiger partial charge in [-0.1, -0.05) is 0 Å². The minimum atomic E-state index is -0.789. The van der Waals surface area contributed by atoms with Gasteiger partial charge >= 0.3 is 0 Å². The quantitative estimate of drug-likeness (QED) is 0.373. The Bertz CT molecular complexity index is 10.8. The van der Waals surface area contributed by atoms with E-state index >= 15 is 0 Å². The molecule has 4 heteroatoms. The molecule has 0 aliphatic heterocycles. The van der Waals surface area contributed by atoms with E-state index in [2.05, 4.69) is 25.1 Å². The zero-order valence-corrected chi connectivity index (χ0v) is 6.10. The van der Waals surface area contributed by atoms with Crippen LogP contribution in [0.15, 0.2) is 0 Å². The predicted molar refractivity (Wildman–Crippen MR) is 26.3 cm³/mol. The van der Waals surface area contributed by atoms with Crippen LogP contribution in [0.5, 0.6) is 0 Å². The molecule has 0 fully saturated rings. The molecule has 0 saturated heterocycles. The molecule has 0 aromatic heterocycles. The van der Waals surface area contributed by atoms with E-state index in [-0.39, 0.29) is 0 Å². The van der Waals surface area contributed by atoms with Crippen LogP contribution >= 0.6 is 26.4 Å². The van der Waals surface area contributed by atoms with Crippen molar-refractivity contribution >= 4 is 42.4 Å². The summed E-state index contributed by atoms with van der Waals surface area (Å²) in [6.07, 6.45) is -0.789. The monoisotopic (exact) mass is 170 g/mol. The van der Waals surface area contributed by atoms with Gasteiger partial charge in [0.25, 0.3) is 0 Å². The van der Waals surface area contributed by atoms with Gasteiger partial charge in [0.2, 0.25) is 6.24 Å². The summed E-state index contributed by atoms with van der Waals surface area (Å²) in [4.78, 5) is 0. The molecule has 0 atom stereocenters. The van der Waals surface area contributed by atoms with Crippen LogP contribution in [-0.4, -0.2) is 16.0 Å². The molecule has 0 N–H and O–H groups in total. The second-order valence-corrected chi connectivity index (χ2v) is 10.3. The van der Waals surface area contributed by atoms with Crippen LogP contribution in [0.2, 0.25) is 0 Å². The molecule has 0 aliphatic carbocycles. The predicted octanol–water partition coefficient (Wildman–Crippen LogP) is 0.773. The first-order valence-corrected chi connectivity index (χ1v) is 6.90. The molecule has 0 heterocycles. The lowest BCUT2D eigenvalue weighted by Gasteiger charge is -1.67. The first-order valence-electron chi connectivity index (χ1n) is 0.628. The van der Waals surface area contributed by atoms with E-state index in [9.17, 15) is 0 Å². The van der Waals surface area contributed by atoms with Gasteiger partial charge in [-0.25, -0.2) is 0 Å². The van der Waals surface area contributed by atoms with Crippen LogP contribution in [0.3, 0.4) is 0 Å². The van der Waals surface area contributed by atoms with Crippen molar-refractivity contribution in [2.75, 3.05) is 0 Å². The van der Waals surface area contributed by atoms with Crippen LogP contribution in [0.4, 0.5) is 0 Å². The highest BCUT2D eigenvalue weighted by molar-refractivity contribution is 9.27. The summed E-state index contributed by atoms with van der Waals surface area (Å²) in [5.74, 6) is 0. The number of hydrogen-bond acceptors (Lipinski definition) is 0. The fourth-order valence-electron chi connectivity index (χ4n) is 0. The van der Waals surface area contributed by atoms with E-state index in [0.717, 1.165) is 0 Å². The molecule has 0 nitrogen and oxygen atoms in total. The number of hydrogen-bond donors (Lipinski definition) is 0. The second-order valence-electron chi connectivity index (χ2n) is 0.260. The van der Waals surface area contributed by atoms with Gasteiger partial charge < -0.3 is 0 Å². The van der Waals surface area contributed by atoms with Crippen LogP contribution in [-0.2, 0) is 0 Å². The topological polar surface area (TPSA) is 0 Å². The van der Waals surface area contributed by atoms with E-state index in [4.69, 9.17) is 11.1 Å². The highest BCUT2D eigenvalue weighted by Gasteiger charge is 1.81. The van der Waals surface area contributed by atoms with Crippen molar-refractivity contribution in [3.05, 3.63) is 0 Å². The fourth-order valence-corrected chi connectivity index (χ4v) is 0. The van der Waals surface area contributed by atoms with Gasteiger partial charge in [-0.3, -0.25) is 0 Å². The normalized spacial score (nSPS) is 9.00. The Hall–Kier alpha value is 1.20. The zero-order valence-electron chi connectivity index (χ0n) is 1.76. The molecule has 0 aromatic carbocycles. The fraction of sp³-hybridized carbons (Fsp3) is 0. The van der Waals surface area contributed by atoms with Gasteiger partial charge in [-0.2, -0.15) is 11.1 Å².